The van der Waals surface area contributed by atoms with Crippen LogP contribution in [-0.4, -0.2) is 82.3 Å². The number of aromatic nitrogens is 4. The van der Waals surface area contributed by atoms with Gasteiger partial charge in [-0.3, -0.25) is 19.2 Å². The van der Waals surface area contributed by atoms with E-state index in [-0.39, 0.29) is 58.7 Å². The fourth-order valence-electron chi connectivity index (χ4n) is 8.47. The molecule has 8 bridgehead atoms. The lowest BCUT2D eigenvalue weighted by Gasteiger charge is -2.43. The zero-order valence-corrected chi connectivity index (χ0v) is 40.9. The van der Waals surface area contributed by atoms with Crippen molar-refractivity contribution in [1.29, 1.82) is 0 Å². The molecule has 18 nitrogen and oxygen atoms in total. The number of oxazole rings is 4. The molecule has 0 spiro atoms. The highest BCUT2D eigenvalue weighted by Crippen LogP contribution is 2.38. The van der Waals surface area contributed by atoms with Crippen LogP contribution in [0.4, 0.5) is 0 Å². The third-order valence-corrected chi connectivity index (χ3v) is 17.4. The predicted octanol–water partition coefficient (Wildman–Crippen LogP) is 6.14. The summed E-state index contributed by atoms with van der Waals surface area (Å²) in [7, 11) is -3.21. The van der Waals surface area contributed by atoms with Gasteiger partial charge in [-0.25, -0.2) is 19.9 Å². The van der Waals surface area contributed by atoms with Crippen LogP contribution in [0.25, 0.3) is 34.5 Å². The Bertz CT molecular complexity index is 2890. The molecule has 1 aliphatic heterocycles. The number of aliphatic hydroxyl groups excluding tert-OH is 1. The molecule has 0 saturated heterocycles. The molecule has 4 amide bonds. The molecule has 0 radical (unpaired) electrons. The van der Waals surface area contributed by atoms with E-state index in [2.05, 4.69) is 81.3 Å². The normalized spacial score (nSPS) is 18.9. The minimum Gasteiger partial charge on any atom is -0.446 e. The molecule has 5 atom stereocenters. The quantitative estimate of drug-likeness (QED) is 0.0967. The number of carbonyl (C=O) groups is 4. The molecule has 70 heavy (non-hydrogen) atoms. The first-order valence-electron chi connectivity index (χ1n) is 23.1. The van der Waals surface area contributed by atoms with Gasteiger partial charge in [0.25, 0.3) is 20.1 Å². The number of fused-ring (bicyclic) bond motifs is 10. The van der Waals surface area contributed by atoms with E-state index in [1.54, 1.807) is 44.2 Å². The van der Waals surface area contributed by atoms with E-state index in [4.69, 9.17) is 27.1 Å². The molecule has 364 valence electrons. The number of aliphatic hydroxyl groups is 1. The van der Waals surface area contributed by atoms with Crippen molar-refractivity contribution in [3.05, 3.63) is 133 Å². The molecule has 1 aliphatic rings. The van der Waals surface area contributed by atoms with Gasteiger partial charge in [-0.05, 0) is 27.2 Å². The van der Waals surface area contributed by atoms with Crippen molar-refractivity contribution >= 4 is 42.3 Å². The second-order valence-corrected chi connectivity index (χ2v) is 22.9. The van der Waals surface area contributed by atoms with E-state index in [9.17, 15) is 24.3 Å². The summed E-state index contributed by atoms with van der Waals surface area (Å²) in [6, 6.07) is 24.3. The second kappa shape index (κ2) is 20.6. The summed E-state index contributed by atoms with van der Waals surface area (Å²) >= 11 is 0. The van der Waals surface area contributed by atoms with Crippen LogP contribution >= 0.6 is 0 Å². The number of nitrogens with one attached hydrogen (secondary N) is 4. The Hall–Kier alpha value is -7.48. The van der Waals surface area contributed by atoms with Gasteiger partial charge in [0, 0.05) is 5.56 Å². The Morgan fingerprint density at radius 3 is 1.77 bits per heavy atom. The smallest absolute Gasteiger partial charge is 0.274 e. The minimum atomic E-state index is -3.21. The number of benzene rings is 3. The second-order valence-electron chi connectivity index (χ2n) is 18.6. The van der Waals surface area contributed by atoms with Gasteiger partial charge >= 0.3 is 0 Å². The molecule has 1 unspecified atom stereocenters. The molecule has 0 fully saturated rings. The largest absolute Gasteiger partial charge is 0.446 e. The molecular formula is C51H56N8O10Si. The summed E-state index contributed by atoms with van der Waals surface area (Å²) in [5, 5.41) is 23.5. The third kappa shape index (κ3) is 9.99. The van der Waals surface area contributed by atoms with Gasteiger partial charge in [0.2, 0.25) is 35.4 Å². The number of carbonyl (C=O) groups excluding carboxylic acids is 4. The van der Waals surface area contributed by atoms with Crippen LogP contribution in [0.5, 0.6) is 0 Å². The molecule has 0 saturated carbocycles. The number of nitrogens with zero attached hydrogens (tertiary/aromatic N) is 4. The van der Waals surface area contributed by atoms with Gasteiger partial charge < -0.3 is 48.5 Å². The summed E-state index contributed by atoms with van der Waals surface area (Å²) in [6.07, 6.45) is 4.10. The van der Waals surface area contributed by atoms with Crippen molar-refractivity contribution < 1.29 is 46.4 Å². The molecular weight excluding hydrogens is 913 g/mol. The fourth-order valence-corrected chi connectivity index (χ4v) is 13.0. The highest BCUT2D eigenvalue weighted by Gasteiger charge is 2.51. The Kier molecular flexibility index (Phi) is 14.4. The van der Waals surface area contributed by atoms with Crippen LogP contribution in [0, 0.1) is 11.8 Å². The number of hydrogen-bond donors (Lipinski definition) is 5. The minimum absolute atomic E-state index is 0.0276. The van der Waals surface area contributed by atoms with Crippen LogP contribution in [0.15, 0.2) is 127 Å². The summed E-state index contributed by atoms with van der Waals surface area (Å²) in [5.41, 5.74) is 0.345. The molecule has 19 heteroatoms. The topological polar surface area (TPSA) is 250 Å². The maximum atomic E-state index is 14.8. The molecule has 8 rings (SSSR count). The average molecular weight is 969 g/mol. The first-order chi connectivity index (χ1) is 33.6. The monoisotopic (exact) mass is 968 g/mol. The number of amides is 4. The molecule has 3 aromatic carbocycles. The summed E-state index contributed by atoms with van der Waals surface area (Å²) in [5.74, 6) is -3.69. The summed E-state index contributed by atoms with van der Waals surface area (Å²) < 4.78 is 31.0. The van der Waals surface area contributed by atoms with E-state index < -0.39 is 79.6 Å². The number of hydrogen-bond acceptors (Lipinski definition) is 14. The Morgan fingerprint density at radius 1 is 0.643 bits per heavy atom. The zero-order valence-electron chi connectivity index (χ0n) is 39.9. The fraction of sp³-hybridized carbons (Fsp3) is 0.333. The highest BCUT2D eigenvalue weighted by molar-refractivity contribution is 6.99. The zero-order chi connectivity index (χ0) is 49.7. The van der Waals surface area contributed by atoms with Crippen molar-refractivity contribution in [3.8, 4) is 34.5 Å². The SMILES string of the molecule is CC[C@H](C)[C@@H]1NC(=O)c2nc(oc2-c2ccccc2)-c2coc(n2)C(CO)NC(=O)c2coc(n2)-c2coc(n2)[C@H](CO[Si](c2ccccc2)(c2ccccc2)C(C)(C)C)NC(=O)[C@H](C(C)C)NC1=O. The van der Waals surface area contributed by atoms with Crippen LogP contribution in [-0.2, 0) is 14.0 Å². The van der Waals surface area contributed by atoms with E-state index in [1.165, 1.54) is 12.5 Å². The van der Waals surface area contributed by atoms with Crippen LogP contribution in [0.2, 0.25) is 5.04 Å². The highest BCUT2D eigenvalue weighted by atomic mass is 28.4. The van der Waals surface area contributed by atoms with Crippen molar-refractivity contribution in [3.63, 3.8) is 0 Å². The molecule has 5 heterocycles. The third-order valence-electron chi connectivity index (χ3n) is 12.4. The van der Waals surface area contributed by atoms with E-state index in [0.717, 1.165) is 16.6 Å². The standard InChI is InChI=1S/C51H56N8O10Si/c1-8-30(4)40-45(63)57-39(29(2)3)44(62)53-38(28-68-70(51(5,6)7,32-20-14-10-15-21-32)33-22-16-11-17-23-33)49-55-36(26-67-49)48-54-35(25-65-48)43(61)52-34(24-60)47-56-37(27-66-47)50-59-41(46(64)58-40)42(69-50)31-18-12-9-13-19-31/h9-23,25-27,29-30,34,38-40,60H,8,24,28H2,1-7H3,(H,52,61)(H,53,62)(H,57,63)(H,58,64)/t30-,34?,38-,39-,40-/m0/s1. The first-order valence-corrected chi connectivity index (χ1v) is 25.0. The van der Waals surface area contributed by atoms with Gasteiger partial charge in [0.05, 0.1) is 13.2 Å². The van der Waals surface area contributed by atoms with Crippen molar-refractivity contribution in [2.24, 2.45) is 11.8 Å². The summed E-state index contributed by atoms with van der Waals surface area (Å²) in [6.45, 7) is 12.9. The van der Waals surface area contributed by atoms with E-state index in [0.29, 0.717) is 12.0 Å². The van der Waals surface area contributed by atoms with Gasteiger partial charge in [-0.15, -0.1) is 0 Å². The maximum absolute atomic E-state index is 14.8. The first kappa shape index (κ1) is 49.0. The van der Waals surface area contributed by atoms with Gasteiger partial charge in [-0.1, -0.05) is 146 Å². The average Bonchev–Trinajstić information content (AvgIpc) is 4.21. The molecule has 4 aromatic heterocycles. The summed E-state index contributed by atoms with van der Waals surface area (Å²) in [4.78, 5) is 75.4. The van der Waals surface area contributed by atoms with E-state index in [1.807, 2.05) is 50.2 Å². The van der Waals surface area contributed by atoms with Crippen molar-refractivity contribution in [2.75, 3.05) is 13.2 Å². The van der Waals surface area contributed by atoms with Crippen molar-refractivity contribution in [1.82, 2.24) is 41.2 Å². The number of rotatable bonds is 10. The Labute approximate surface area is 405 Å². The van der Waals surface area contributed by atoms with Crippen LogP contribution in [0.1, 0.15) is 99.7 Å². The van der Waals surface area contributed by atoms with Gasteiger partial charge in [-0.2, -0.15) is 0 Å². The lowest BCUT2D eigenvalue weighted by atomic mass is 9.96. The van der Waals surface area contributed by atoms with Crippen LogP contribution in [0.3, 0.4) is 0 Å². The van der Waals surface area contributed by atoms with Crippen LogP contribution < -0.4 is 31.6 Å². The lowest BCUT2D eigenvalue weighted by molar-refractivity contribution is -0.132. The molecule has 5 N–H and O–H groups in total. The Balaban J connectivity index is 1.21. The van der Waals surface area contributed by atoms with Gasteiger partial charge in [0.15, 0.2) is 28.5 Å². The van der Waals surface area contributed by atoms with Crippen molar-refractivity contribution in [2.45, 2.75) is 84.1 Å². The lowest BCUT2D eigenvalue weighted by Crippen LogP contribution is -2.67. The molecule has 0 aliphatic carbocycles. The van der Waals surface area contributed by atoms with Gasteiger partial charge in [0.1, 0.15) is 43.0 Å². The molecule has 7 aromatic rings. The predicted molar refractivity (Wildman–Crippen MR) is 259 cm³/mol. The Morgan fingerprint density at radius 2 is 1.20 bits per heavy atom. The van der Waals surface area contributed by atoms with E-state index >= 15 is 0 Å². The maximum Gasteiger partial charge on any atom is 0.274 e.